The van der Waals surface area contributed by atoms with Gasteiger partial charge in [-0.15, -0.1) is 10.2 Å². The number of halogens is 3. The first-order valence-electron chi connectivity index (χ1n) is 6.13. The standard InChI is InChI=1S/C14H8BrF2N3O2/c15-8-4-5-11(21-14(16)17)9(7-8)12-19-20-13(22-12)10-3-1-2-6-18-10/h1-7,14H. The first-order valence-corrected chi connectivity index (χ1v) is 6.92. The Morgan fingerprint density at radius 2 is 1.91 bits per heavy atom. The van der Waals surface area contributed by atoms with Crippen LogP contribution in [0.2, 0.25) is 0 Å². The molecule has 0 amide bonds. The molecule has 0 saturated carbocycles. The third-order valence-electron chi connectivity index (χ3n) is 2.70. The van der Waals surface area contributed by atoms with Crippen LogP contribution < -0.4 is 4.74 Å². The van der Waals surface area contributed by atoms with Crippen LogP contribution in [0.4, 0.5) is 8.78 Å². The molecule has 0 radical (unpaired) electrons. The van der Waals surface area contributed by atoms with Gasteiger partial charge in [0.25, 0.3) is 11.8 Å². The zero-order valence-corrected chi connectivity index (χ0v) is 12.5. The molecule has 0 unspecified atom stereocenters. The molecule has 3 aromatic rings. The zero-order valence-electron chi connectivity index (χ0n) is 10.9. The van der Waals surface area contributed by atoms with Crippen molar-refractivity contribution in [3.63, 3.8) is 0 Å². The van der Waals surface area contributed by atoms with Crippen LogP contribution in [0.1, 0.15) is 0 Å². The van der Waals surface area contributed by atoms with E-state index < -0.39 is 6.61 Å². The summed E-state index contributed by atoms with van der Waals surface area (Å²) in [4.78, 5) is 4.09. The molecule has 1 aromatic carbocycles. The molecule has 0 fully saturated rings. The monoisotopic (exact) mass is 367 g/mol. The van der Waals surface area contributed by atoms with Crippen LogP contribution in [-0.2, 0) is 0 Å². The van der Waals surface area contributed by atoms with Crippen molar-refractivity contribution < 1.29 is 17.9 Å². The fourth-order valence-corrected chi connectivity index (χ4v) is 2.15. The maximum Gasteiger partial charge on any atom is 0.387 e. The summed E-state index contributed by atoms with van der Waals surface area (Å²) in [6.07, 6.45) is 1.59. The quantitative estimate of drug-likeness (QED) is 0.692. The Labute approximate surface area is 132 Å². The summed E-state index contributed by atoms with van der Waals surface area (Å²) in [5, 5.41) is 7.74. The maximum absolute atomic E-state index is 12.5. The van der Waals surface area contributed by atoms with Crippen LogP contribution in [0.25, 0.3) is 23.0 Å². The molecule has 0 saturated heterocycles. The lowest BCUT2D eigenvalue weighted by Gasteiger charge is -2.08. The molecule has 0 aliphatic rings. The highest BCUT2D eigenvalue weighted by atomic mass is 79.9. The molecule has 8 heteroatoms. The molecule has 2 aromatic heterocycles. The van der Waals surface area contributed by atoms with E-state index in [1.54, 1.807) is 36.5 Å². The summed E-state index contributed by atoms with van der Waals surface area (Å²) in [6, 6.07) is 9.77. The third kappa shape index (κ3) is 3.11. The van der Waals surface area contributed by atoms with Gasteiger partial charge in [0.1, 0.15) is 11.4 Å². The number of ether oxygens (including phenoxy) is 1. The van der Waals surface area contributed by atoms with Crippen molar-refractivity contribution in [1.82, 2.24) is 15.2 Å². The van der Waals surface area contributed by atoms with E-state index in [0.717, 1.165) is 0 Å². The summed E-state index contributed by atoms with van der Waals surface area (Å²) in [7, 11) is 0. The number of benzene rings is 1. The number of pyridine rings is 1. The maximum atomic E-state index is 12.5. The lowest BCUT2D eigenvalue weighted by molar-refractivity contribution is -0.0495. The average Bonchev–Trinajstić information content (AvgIpc) is 2.99. The largest absolute Gasteiger partial charge is 0.434 e. The van der Waals surface area contributed by atoms with E-state index in [2.05, 4.69) is 35.8 Å². The van der Waals surface area contributed by atoms with Gasteiger partial charge in [0.05, 0.1) is 5.56 Å². The van der Waals surface area contributed by atoms with Gasteiger partial charge >= 0.3 is 6.61 Å². The number of hydrogen-bond donors (Lipinski definition) is 0. The average molecular weight is 368 g/mol. The topological polar surface area (TPSA) is 61.0 Å². The van der Waals surface area contributed by atoms with Gasteiger partial charge < -0.3 is 9.15 Å². The van der Waals surface area contributed by atoms with Crippen LogP contribution in [0.15, 0.2) is 51.5 Å². The first-order chi connectivity index (χ1) is 10.6. The second-order valence-electron chi connectivity index (χ2n) is 4.15. The van der Waals surface area contributed by atoms with Gasteiger partial charge in [-0.05, 0) is 30.3 Å². The van der Waals surface area contributed by atoms with Gasteiger partial charge in [-0.25, -0.2) is 0 Å². The lowest BCUT2D eigenvalue weighted by atomic mass is 10.2. The molecule has 0 aliphatic carbocycles. The molecular weight excluding hydrogens is 360 g/mol. The molecule has 0 atom stereocenters. The Morgan fingerprint density at radius 1 is 1.09 bits per heavy atom. The summed E-state index contributed by atoms with van der Waals surface area (Å²) in [5.41, 5.74) is 0.761. The summed E-state index contributed by atoms with van der Waals surface area (Å²) in [6.45, 7) is -2.95. The zero-order chi connectivity index (χ0) is 15.5. The van der Waals surface area contributed by atoms with Crippen LogP contribution in [0.5, 0.6) is 5.75 Å². The Bertz CT molecular complexity index is 781. The van der Waals surface area contributed by atoms with Gasteiger partial charge in [-0.2, -0.15) is 8.78 Å². The van der Waals surface area contributed by atoms with E-state index in [0.29, 0.717) is 10.2 Å². The normalized spacial score (nSPS) is 10.9. The number of hydrogen-bond acceptors (Lipinski definition) is 5. The highest BCUT2D eigenvalue weighted by Gasteiger charge is 2.18. The Hall–Kier alpha value is -2.35. The van der Waals surface area contributed by atoms with E-state index in [4.69, 9.17) is 4.42 Å². The minimum atomic E-state index is -2.95. The first kappa shape index (κ1) is 14.6. The molecule has 2 heterocycles. The minimum absolute atomic E-state index is 0.0468. The number of nitrogens with zero attached hydrogens (tertiary/aromatic N) is 3. The summed E-state index contributed by atoms with van der Waals surface area (Å²) < 4.78 is 35.6. The fraction of sp³-hybridized carbons (Fsp3) is 0.0714. The van der Waals surface area contributed by atoms with E-state index in [9.17, 15) is 8.78 Å². The number of aromatic nitrogens is 3. The van der Waals surface area contributed by atoms with E-state index in [1.165, 1.54) is 6.07 Å². The van der Waals surface area contributed by atoms with Crippen molar-refractivity contribution in [2.24, 2.45) is 0 Å². The Kier molecular flexibility index (Phi) is 4.10. The van der Waals surface area contributed by atoms with Crippen molar-refractivity contribution >= 4 is 15.9 Å². The van der Waals surface area contributed by atoms with Gasteiger partial charge in [0.2, 0.25) is 0 Å². The number of alkyl halides is 2. The van der Waals surface area contributed by atoms with Crippen molar-refractivity contribution in [3.05, 3.63) is 47.1 Å². The molecule has 22 heavy (non-hydrogen) atoms. The van der Waals surface area contributed by atoms with Gasteiger partial charge in [-0.3, -0.25) is 4.98 Å². The van der Waals surface area contributed by atoms with Crippen molar-refractivity contribution in [2.45, 2.75) is 6.61 Å². The third-order valence-corrected chi connectivity index (χ3v) is 3.19. The predicted molar refractivity (Wildman–Crippen MR) is 77.3 cm³/mol. The second-order valence-corrected chi connectivity index (χ2v) is 5.06. The smallest absolute Gasteiger partial charge is 0.387 e. The van der Waals surface area contributed by atoms with Gasteiger partial charge in [0, 0.05) is 10.7 Å². The van der Waals surface area contributed by atoms with Crippen LogP contribution >= 0.6 is 15.9 Å². The van der Waals surface area contributed by atoms with Crippen LogP contribution in [0.3, 0.4) is 0 Å². The molecule has 0 bridgehead atoms. The molecule has 112 valence electrons. The van der Waals surface area contributed by atoms with E-state index >= 15 is 0 Å². The number of rotatable bonds is 4. The SMILES string of the molecule is FC(F)Oc1ccc(Br)cc1-c1nnc(-c2ccccn2)o1. The summed E-state index contributed by atoms with van der Waals surface area (Å²) in [5.74, 6) is 0.214. The molecule has 0 aliphatic heterocycles. The highest BCUT2D eigenvalue weighted by molar-refractivity contribution is 9.10. The molecule has 0 N–H and O–H groups in total. The molecule has 0 spiro atoms. The highest BCUT2D eigenvalue weighted by Crippen LogP contribution is 2.34. The van der Waals surface area contributed by atoms with E-state index in [-0.39, 0.29) is 23.1 Å². The fourth-order valence-electron chi connectivity index (χ4n) is 1.79. The predicted octanol–water partition coefficient (Wildman–Crippen LogP) is 4.16. The minimum Gasteiger partial charge on any atom is -0.434 e. The molecule has 5 nitrogen and oxygen atoms in total. The van der Waals surface area contributed by atoms with Gasteiger partial charge in [0.15, 0.2) is 0 Å². The Balaban J connectivity index is 2.01. The van der Waals surface area contributed by atoms with E-state index in [1.807, 2.05) is 0 Å². The molecular formula is C14H8BrF2N3O2. The van der Waals surface area contributed by atoms with Crippen molar-refractivity contribution in [2.75, 3.05) is 0 Å². The second kappa shape index (κ2) is 6.18. The van der Waals surface area contributed by atoms with Crippen molar-refractivity contribution in [3.8, 4) is 28.8 Å². The van der Waals surface area contributed by atoms with Crippen molar-refractivity contribution in [1.29, 1.82) is 0 Å². The lowest BCUT2D eigenvalue weighted by Crippen LogP contribution is -2.03. The van der Waals surface area contributed by atoms with Gasteiger partial charge in [-0.1, -0.05) is 22.0 Å². The Morgan fingerprint density at radius 3 is 2.64 bits per heavy atom. The van der Waals surface area contributed by atoms with Crippen LogP contribution in [-0.4, -0.2) is 21.8 Å². The molecule has 3 rings (SSSR count). The summed E-state index contributed by atoms with van der Waals surface area (Å²) >= 11 is 3.27. The van der Waals surface area contributed by atoms with Crippen LogP contribution in [0, 0.1) is 0 Å².